The van der Waals surface area contributed by atoms with Gasteiger partial charge in [0, 0.05) is 11.1 Å². The predicted octanol–water partition coefficient (Wildman–Crippen LogP) is 4.77. The Kier molecular flexibility index (Phi) is 8.05. The van der Waals surface area contributed by atoms with E-state index < -0.39 is 12.6 Å². The van der Waals surface area contributed by atoms with Crippen molar-refractivity contribution in [2.75, 3.05) is 6.61 Å². The second-order valence-electron chi connectivity index (χ2n) is 6.39. The van der Waals surface area contributed by atoms with Crippen molar-refractivity contribution in [2.24, 2.45) is 0 Å². The summed E-state index contributed by atoms with van der Waals surface area (Å²) in [5, 5.41) is 16.6. The van der Waals surface area contributed by atoms with Gasteiger partial charge in [0.1, 0.15) is 23.7 Å². The van der Waals surface area contributed by atoms with Crippen LogP contribution < -0.4 is 9.47 Å². The van der Waals surface area contributed by atoms with Gasteiger partial charge < -0.3 is 24.1 Å². The Balaban J connectivity index is 0.00000101. The number of hydrogen-bond acceptors (Lipinski definition) is 5. The van der Waals surface area contributed by atoms with Gasteiger partial charge in [0.15, 0.2) is 6.61 Å². The van der Waals surface area contributed by atoms with Gasteiger partial charge in [0.2, 0.25) is 0 Å². The van der Waals surface area contributed by atoms with E-state index in [0.717, 1.165) is 34.4 Å². The van der Waals surface area contributed by atoms with Crippen molar-refractivity contribution in [2.45, 2.75) is 26.9 Å². The number of para-hydroxylation sites is 1. The topological polar surface area (TPSA) is 106 Å². The number of aliphatic carboxylic acids is 1. The lowest BCUT2D eigenvalue weighted by atomic mass is 10.0. The van der Waals surface area contributed by atoms with E-state index in [1.807, 2.05) is 37.3 Å². The molecule has 3 rings (SSSR count). The molecule has 1 heterocycles. The molecule has 1 aromatic heterocycles. The van der Waals surface area contributed by atoms with Crippen molar-refractivity contribution in [1.82, 2.24) is 0 Å². The van der Waals surface area contributed by atoms with Crippen LogP contribution in [0.2, 0.25) is 0 Å². The van der Waals surface area contributed by atoms with Crippen LogP contribution in [0.4, 0.5) is 0 Å². The Bertz CT molecular complexity index is 1030. The molecule has 2 aromatic carbocycles. The highest BCUT2D eigenvalue weighted by Crippen LogP contribution is 2.37. The fourth-order valence-electron chi connectivity index (χ4n) is 3.00. The van der Waals surface area contributed by atoms with Crippen LogP contribution in [0.5, 0.6) is 11.5 Å². The van der Waals surface area contributed by atoms with E-state index in [0.29, 0.717) is 16.7 Å². The van der Waals surface area contributed by atoms with E-state index in [1.54, 1.807) is 12.3 Å². The average molecular weight is 412 g/mol. The minimum Gasteiger partial charge on any atom is -0.488 e. The first kappa shape index (κ1) is 22.5. The molecule has 2 N–H and O–H groups in total. The van der Waals surface area contributed by atoms with E-state index in [2.05, 4.69) is 13.5 Å². The van der Waals surface area contributed by atoms with Crippen LogP contribution in [0.25, 0.3) is 16.5 Å². The lowest BCUT2D eigenvalue weighted by Crippen LogP contribution is -2.12. The molecule has 0 aliphatic carbocycles. The van der Waals surface area contributed by atoms with Crippen molar-refractivity contribution in [3.05, 3.63) is 65.9 Å². The zero-order chi connectivity index (χ0) is 22.1. The summed E-state index contributed by atoms with van der Waals surface area (Å²) in [6, 6.07) is 11.5. The number of benzene rings is 2. The number of carbonyl (C=O) groups is 2. The third-order valence-corrected chi connectivity index (χ3v) is 4.30. The summed E-state index contributed by atoms with van der Waals surface area (Å²) < 4.78 is 17.2. The van der Waals surface area contributed by atoms with E-state index in [9.17, 15) is 4.79 Å². The van der Waals surface area contributed by atoms with Gasteiger partial charge in [-0.2, -0.15) is 0 Å². The highest BCUT2D eigenvalue weighted by molar-refractivity contribution is 5.94. The maximum absolute atomic E-state index is 11.0. The molecule has 0 spiro atoms. The minimum absolute atomic E-state index is 0.243. The van der Waals surface area contributed by atoms with Gasteiger partial charge in [0.25, 0.3) is 6.47 Å². The molecule has 3 aromatic rings. The van der Waals surface area contributed by atoms with E-state index in [1.165, 1.54) is 0 Å². The monoisotopic (exact) mass is 412 g/mol. The number of carboxylic acid groups (broad SMARTS) is 2. The molecule has 0 bridgehead atoms. The van der Waals surface area contributed by atoms with Crippen LogP contribution in [0.15, 0.2) is 53.7 Å². The Hall–Kier alpha value is -3.74. The normalized spacial score (nSPS) is 10.1. The van der Waals surface area contributed by atoms with Crippen LogP contribution in [0.1, 0.15) is 30.5 Å². The molecular formula is C23H24O7. The Morgan fingerprint density at radius 1 is 1.20 bits per heavy atom. The molecule has 0 saturated carbocycles. The number of aryl methyl sites for hydroxylation is 1. The smallest absolute Gasteiger partial charge is 0.341 e. The zero-order valence-corrected chi connectivity index (χ0v) is 16.9. The Morgan fingerprint density at radius 2 is 1.90 bits per heavy atom. The zero-order valence-electron chi connectivity index (χ0n) is 16.9. The summed E-state index contributed by atoms with van der Waals surface area (Å²) in [6.07, 6.45) is 2.41. The molecule has 0 atom stereocenters. The summed E-state index contributed by atoms with van der Waals surface area (Å²) in [4.78, 5) is 19.4. The summed E-state index contributed by atoms with van der Waals surface area (Å²) in [7, 11) is 0. The molecule has 158 valence electrons. The van der Waals surface area contributed by atoms with Gasteiger partial charge in [-0.05, 0) is 42.7 Å². The first-order valence-corrected chi connectivity index (χ1v) is 9.25. The molecule has 0 radical (unpaired) electrons. The van der Waals surface area contributed by atoms with Crippen LogP contribution in [-0.4, -0.2) is 29.3 Å². The molecule has 0 fully saturated rings. The molecule has 0 amide bonds. The quantitative estimate of drug-likeness (QED) is 0.513. The molecule has 0 unspecified atom stereocenters. The number of allylic oxidation sites excluding steroid dienone is 1. The second-order valence-corrected chi connectivity index (χ2v) is 6.39. The van der Waals surface area contributed by atoms with Crippen molar-refractivity contribution in [3.8, 4) is 11.5 Å². The Morgan fingerprint density at radius 3 is 2.53 bits per heavy atom. The summed E-state index contributed by atoms with van der Waals surface area (Å²) in [6.45, 7) is 7.53. The van der Waals surface area contributed by atoms with E-state index in [-0.39, 0.29) is 13.1 Å². The van der Waals surface area contributed by atoms with Gasteiger partial charge in [0.05, 0.1) is 11.6 Å². The maximum Gasteiger partial charge on any atom is 0.341 e. The lowest BCUT2D eigenvalue weighted by Gasteiger charge is -2.16. The molecule has 30 heavy (non-hydrogen) atoms. The van der Waals surface area contributed by atoms with Crippen LogP contribution in [-0.2, 0) is 22.6 Å². The average Bonchev–Trinajstić information content (AvgIpc) is 3.20. The number of rotatable bonds is 8. The van der Waals surface area contributed by atoms with Gasteiger partial charge in [-0.15, -0.1) is 0 Å². The maximum atomic E-state index is 11.0. The fraction of sp³-hybridized carbons (Fsp3) is 0.217. The van der Waals surface area contributed by atoms with Gasteiger partial charge in [-0.1, -0.05) is 31.7 Å². The van der Waals surface area contributed by atoms with Gasteiger partial charge >= 0.3 is 5.97 Å². The predicted molar refractivity (Wildman–Crippen MR) is 113 cm³/mol. The van der Waals surface area contributed by atoms with Crippen molar-refractivity contribution in [1.29, 1.82) is 0 Å². The van der Waals surface area contributed by atoms with Crippen molar-refractivity contribution in [3.63, 3.8) is 0 Å². The van der Waals surface area contributed by atoms with E-state index >= 15 is 0 Å². The molecule has 0 saturated heterocycles. The Labute approximate surface area is 174 Å². The third-order valence-electron chi connectivity index (χ3n) is 4.30. The standard InChI is InChI=1S/C22H22O5.CH2O2/c1-4-15-7-5-6-8-19(15)26-12-16-11-18(14(2)3)22-17(9-10-25-22)21(16)27-13-20(23)24;2-1-3/h5-11H,2,4,12-13H2,1,3H3,(H,23,24);1H,(H,2,3). The van der Waals surface area contributed by atoms with Crippen LogP contribution in [0, 0.1) is 0 Å². The SMILES string of the molecule is C=C(C)c1cc(COc2ccccc2CC)c(OCC(=O)O)c2ccoc12.O=CO. The van der Waals surface area contributed by atoms with Gasteiger partial charge in [-0.3, -0.25) is 4.79 Å². The summed E-state index contributed by atoms with van der Waals surface area (Å²) in [5.74, 6) is 0.215. The van der Waals surface area contributed by atoms with Crippen molar-refractivity contribution < 1.29 is 33.7 Å². The number of furan rings is 1. The number of fused-ring (bicyclic) bond motifs is 1. The first-order valence-electron chi connectivity index (χ1n) is 9.25. The highest BCUT2D eigenvalue weighted by Gasteiger charge is 2.18. The lowest BCUT2D eigenvalue weighted by molar-refractivity contribution is -0.139. The summed E-state index contributed by atoms with van der Waals surface area (Å²) in [5.41, 5.74) is 4.17. The summed E-state index contributed by atoms with van der Waals surface area (Å²) >= 11 is 0. The highest BCUT2D eigenvalue weighted by atomic mass is 16.5. The first-order chi connectivity index (χ1) is 14.4. The molecule has 7 heteroatoms. The van der Waals surface area contributed by atoms with Crippen LogP contribution in [0.3, 0.4) is 0 Å². The number of ether oxygens (including phenoxy) is 2. The molecule has 7 nitrogen and oxygen atoms in total. The molecular weight excluding hydrogens is 388 g/mol. The third kappa shape index (κ3) is 5.41. The second kappa shape index (κ2) is 10.7. The van der Waals surface area contributed by atoms with Crippen LogP contribution >= 0.6 is 0 Å². The minimum atomic E-state index is -1.04. The van der Waals surface area contributed by atoms with Gasteiger partial charge in [-0.25, -0.2) is 4.79 Å². The number of carboxylic acids is 1. The largest absolute Gasteiger partial charge is 0.488 e. The van der Waals surface area contributed by atoms with Crippen molar-refractivity contribution >= 4 is 29.0 Å². The molecule has 0 aliphatic heterocycles. The molecule has 0 aliphatic rings. The fourth-order valence-corrected chi connectivity index (χ4v) is 3.00. The van der Waals surface area contributed by atoms with E-state index in [4.69, 9.17) is 28.9 Å². The number of hydrogen-bond donors (Lipinski definition) is 2.